The average molecular weight is 274 g/mol. The Kier molecular flexibility index (Phi) is 6.40. The van der Waals surface area contributed by atoms with Crippen molar-refractivity contribution in [2.45, 2.75) is 25.5 Å². The highest BCUT2D eigenvalue weighted by Gasteiger charge is 2.26. The van der Waals surface area contributed by atoms with E-state index in [1.165, 1.54) is 12.0 Å². The van der Waals surface area contributed by atoms with Crippen LogP contribution in [0.3, 0.4) is 0 Å². The molecule has 2 atom stereocenters. The van der Waals surface area contributed by atoms with Gasteiger partial charge in [-0.05, 0) is 6.92 Å². The second kappa shape index (κ2) is 7.82. The summed E-state index contributed by atoms with van der Waals surface area (Å²) in [5, 5.41) is 13.2. The number of nitrogens with one attached hydrogen (secondary N) is 1. The molecule has 1 fully saturated rings. The monoisotopic (exact) mass is 274 g/mol. The topological polar surface area (TPSA) is 105 Å². The second-order valence-corrected chi connectivity index (χ2v) is 4.14. The van der Waals surface area contributed by atoms with Gasteiger partial charge in [-0.3, -0.25) is 9.59 Å². The standard InChI is InChI=1S/C11H18N2O6/c1-8(12-7-14)9(15)6-10(16)11(17)19-13-2-4-18-5-3-13/h7-8,10,16H,2-6H2,1H3,(H,12,14)/t8-,10?/m1/s1. The van der Waals surface area contributed by atoms with Gasteiger partial charge in [0.2, 0.25) is 6.41 Å². The zero-order chi connectivity index (χ0) is 14.3. The summed E-state index contributed by atoms with van der Waals surface area (Å²) < 4.78 is 5.07. The number of aliphatic hydroxyl groups excluding tert-OH is 1. The summed E-state index contributed by atoms with van der Waals surface area (Å²) in [6.07, 6.45) is -1.54. The molecule has 108 valence electrons. The van der Waals surface area contributed by atoms with E-state index in [1.54, 1.807) is 0 Å². The average Bonchev–Trinajstić information content (AvgIpc) is 2.40. The smallest absolute Gasteiger partial charge is 0.354 e. The van der Waals surface area contributed by atoms with Crippen LogP contribution in [0.25, 0.3) is 0 Å². The summed E-state index contributed by atoms with van der Waals surface area (Å²) in [7, 11) is 0. The zero-order valence-electron chi connectivity index (χ0n) is 10.7. The molecule has 1 aliphatic heterocycles. The van der Waals surface area contributed by atoms with Gasteiger partial charge in [0.15, 0.2) is 11.9 Å². The lowest BCUT2D eigenvalue weighted by atomic mass is 10.1. The Morgan fingerprint density at radius 2 is 2.11 bits per heavy atom. The number of ether oxygens (including phenoxy) is 1. The van der Waals surface area contributed by atoms with Gasteiger partial charge in [0.25, 0.3) is 0 Å². The number of carbonyl (C=O) groups is 3. The van der Waals surface area contributed by atoms with E-state index in [4.69, 9.17) is 9.57 Å². The van der Waals surface area contributed by atoms with E-state index in [0.29, 0.717) is 32.7 Å². The first-order chi connectivity index (χ1) is 9.04. The van der Waals surface area contributed by atoms with Crippen LogP contribution < -0.4 is 5.32 Å². The van der Waals surface area contributed by atoms with Crippen molar-refractivity contribution in [1.29, 1.82) is 0 Å². The molecule has 2 N–H and O–H groups in total. The van der Waals surface area contributed by atoms with Gasteiger partial charge in [0.05, 0.1) is 32.3 Å². The number of morpholine rings is 1. The SMILES string of the molecule is C[C@@H](NC=O)C(=O)CC(O)C(=O)ON1CCOCC1. The lowest BCUT2D eigenvalue weighted by molar-refractivity contribution is -0.214. The normalized spacial score (nSPS) is 19.3. The molecule has 0 aromatic heterocycles. The van der Waals surface area contributed by atoms with Crippen LogP contribution in [0.5, 0.6) is 0 Å². The predicted molar refractivity (Wildman–Crippen MR) is 62.8 cm³/mol. The van der Waals surface area contributed by atoms with Crippen molar-refractivity contribution < 1.29 is 29.1 Å². The number of aliphatic hydroxyl groups is 1. The Morgan fingerprint density at radius 1 is 1.47 bits per heavy atom. The van der Waals surface area contributed by atoms with Gasteiger partial charge in [-0.1, -0.05) is 0 Å². The number of hydrogen-bond donors (Lipinski definition) is 2. The van der Waals surface area contributed by atoms with Crippen molar-refractivity contribution in [3.63, 3.8) is 0 Å². The summed E-state index contributed by atoms with van der Waals surface area (Å²) in [6, 6.07) is -0.747. The number of ketones is 1. The Morgan fingerprint density at radius 3 is 2.68 bits per heavy atom. The maximum absolute atomic E-state index is 11.5. The number of rotatable bonds is 7. The first kappa shape index (κ1) is 15.5. The molecule has 19 heavy (non-hydrogen) atoms. The Hall–Kier alpha value is -1.51. The van der Waals surface area contributed by atoms with Crippen LogP contribution >= 0.6 is 0 Å². The summed E-state index contributed by atoms with van der Waals surface area (Å²) in [6.45, 7) is 3.22. The molecule has 1 unspecified atom stereocenters. The number of amides is 1. The minimum absolute atomic E-state index is 0.390. The van der Waals surface area contributed by atoms with E-state index in [1.807, 2.05) is 0 Å². The predicted octanol–water partition coefficient (Wildman–Crippen LogP) is -1.77. The summed E-state index contributed by atoms with van der Waals surface area (Å²) >= 11 is 0. The Labute approximate surface area is 110 Å². The number of hydroxylamine groups is 2. The largest absolute Gasteiger partial charge is 0.381 e. The maximum Gasteiger partial charge on any atom is 0.354 e. The molecule has 0 spiro atoms. The molecule has 1 heterocycles. The van der Waals surface area contributed by atoms with Crippen molar-refractivity contribution >= 4 is 18.2 Å². The van der Waals surface area contributed by atoms with E-state index in [2.05, 4.69) is 5.32 Å². The number of nitrogens with zero attached hydrogens (tertiary/aromatic N) is 1. The van der Waals surface area contributed by atoms with E-state index in [-0.39, 0.29) is 0 Å². The fraction of sp³-hybridized carbons (Fsp3) is 0.727. The van der Waals surface area contributed by atoms with Crippen LogP contribution in [0.2, 0.25) is 0 Å². The molecule has 1 rings (SSSR count). The van der Waals surface area contributed by atoms with Crippen molar-refractivity contribution in [2.75, 3.05) is 26.3 Å². The highest BCUT2D eigenvalue weighted by Crippen LogP contribution is 2.04. The molecule has 0 aromatic rings. The molecule has 1 saturated heterocycles. The molecule has 0 bridgehead atoms. The molecule has 0 saturated carbocycles. The van der Waals surface area contributed by atoms with E-state index in [9.17, 15) is 19.5 Å². The van der Waals surface area contributed by atoms with Crippen LogP contribution in [0.4, 0.5) is 0 Å². The first-order valence-corrected chi connectivity index (χ1v) is 5.99. The molecule has 0 radical (unpaired) electrons. The van der Waals surface area contributed by atoms with Crippen LogP contribution in [0, 0.1) is 0 Å². The maximum atomic E-state index is 11.5. The van der Waals surface area contributed by atoms with Gasteiger partial charge in [-0.15, -0.1) is 5.06 Å². The fourth-order valence-corrected chi connectivity index (χ4v) is 1.47. The van der Waals surface area contributed by atoms with E-state index >= 15 is 0 Å². The fourth-order valence-electron chi connectivity index (χ4n) is 1.47. The lowest BCUT2D eigenvalue weighted by Gasteiger charge is -2.25. The third kappa shape index (κ3) is 5.33. The highest BCUT2D eigenvalue weighted by molar-refractivity contribution is 5.89. The van der Waals surface area contributed by atoms with E-state index < -0.39 is 30.3 Å². The summed E-state index contributed by atoms with van der Waals surface area (Å²) in [5.41, 5.74) is 0. The van der Waals surface area contributed by atoms with E-state index in [0.717, 1.165) is 0 Å². The third-order valence-corrected chi connectivity index (χ3v) is 2.66. The summed E-state index contributed by atoms with van der Waals surface area (Å²) in [4.78, 5) is 38.1. The van der Waals surface area contributed by atoms with Crippen LogP contribution in [-0.4, -0.2) is 66.8 Å². The van der Waals surface area contributed by atoms with Crippen LogP contribution in [0.15, 0.2) is 0 Å². The molecule has 1 amide bonds. The summed E-state index contributed by atoms with van der Waals surface area (Å²) in [5.74, 6) is -1.33. The minimum atomic E-state index is -1.54. The molecular formula is C11H18N2O6. The molecular weight excluding hydrogens is 256 g/mol. The van der Waals surface area contributed by atoms with Gasteiger partial charge >= 0.3 is 5.97 Å². The highest BCUT2D eigenvalue weighted by atomic mass is 16.7. The van der Waals surface area contributed by atoms with Gasteiger partial charge in [0, 0.05) is 6.42 Å². The van der Waals surface area contributed by atoms with Gasteiger partial charge in [0.1, 0.15) is 0 Å². The molecule has 0 aliphatic carbocycles. The third-order valence-electron chi connectivity index (χ3n) is 2.66. The van der Waals surface area contributed by atoms with Gasteiger partial charge < -0.3 is 20.0 Å². The number of carbonyl (C=O) groups excluding carboxylic acids is 3. The molecule has 1 aliphatic rings. The molecule has 8 heteroatoms. The zero-order valence-corrected chi connectivity index (χ0v) is 10.7. The second-order valence-electron chi connectivity index (χ2n) is 4.14. The van der Waals surface area contributed by atoms with Gasteiger partial charge in [-0.2, -0.15) is 0 Å². The Balaban J connectivity index is 2.34. The molecule has 8 nitrogen and oxygen atoms in total. The minimum Gasteiger partial charge on any atom is -0.381 e. The first-order valence-electron chi connectivity index (χ1n) is 5.99. The van der Waals surface area contributed by atoms with Crippen molar-refractivity contribution in [1.82, 2.24) is 10.4 Å². The van der Waals surface area contributed by atoms with Gasteiger partial charge in [-0.25, -0.2) is 4.79 Å². The molecule has 0 aromatic carbocycles. The van der Waals surface area contributed by atoms with Crippen LogP contribution in [0.1, 0.15) is 13.3 Å². The quantitative estimate of drug-likeness (QED) is 0.529. The number of Topliss-reactive ketones (excluding diaryl/α,β-unsaturated/α-hetero) is 1. The van der Waals surface area contributed by atoms with Crippen molar-refractivity contribution in [3.8, 4) is 0 Å². The van der Waals surface area contributed by atoms with Crippen LogP contribution in [-0.2, 0) is 24.0 Å². The lowest BCUT2D eigenvalue weighted by Crippen LogP contribution is -2.42. The number of hydrogen-bond acceptors (Lipinski definition) is 7. The Bertz CT molecular complexity index is 329. The van der Waals surface area contributed by atoms with Crippen molar-refractivity contribution in [3.05, 3.63) is 0 Å². The van der Waals surface area contributed by atoms with Crippen molar-refractivity contribution in [2.24, 2.45) is 0 Å².